The van der Waals surface area contributed by atoms with Gasteiger partial charge in [0.25, 0.3) is 5.95 Å². The Bertz CT molecular complexity index is 328. The summed E-state index contributed by atoms with van der Waals surface area (Å²) < 4.78 is 5.32. The number of nitrogens with zero attached hydrogens (tertiary/aromatic N) is 3. The highest BCUT2D eigenvalue weighted by molar-refractivity contribution is 5.26. The fraction of sp³-hybridized carbons (Fsp3) is 0.800. The molecule has 1 fully saturated rings. The minimum Gasteiger partial charge on any atom is -0.344 e. The van der Waals surface area contributed by atoms with Gasteiger partial charge in [-0.1, -0.05) is 12.8 Å². The van der Waals surface area contributed by atoms with Crippen molar-refractivity contribution in [2.75, 3.05) is 25.5 Å². The summed E-state index contributed by atoms with van der Waals surface area (Å²) in [6.07, 6.45) is 4.55. The van der Waals surface area contributed by atoms with Gasteiger partial charge in [0.05, 0.1) is 5.41 Å². The van der Waals surface area contributed by atoms with Gasteiger partial charge < -0.3 is 15.2 Å². The molecule has 0 radical (unpaired) electrons. The second-order valence-corrected chi connectivity index (χ2v) is 4.49. The van der Waals surface area contributed by atoms with Crippen molar-refractivity contribution in [2.45, 2.75) is 31.1 Å². The lowest BCUT2D eigenvalue weighted by molar-refractivity contribution is 0.284. The average molecular weight is 210 g/mol. The highest BCUT2D eigenvalue weighted by Gasteiger charge is 2.39. The smallest absolute Gasteiger partial charge is 0.265 e. The summed E-state index contributed by atoms with van der Waals surface area (Å²) in [5.74, 6) is 1.34. The summed E-state index contributed by atoms with van der Waals surface area (Å²) >= 11 is 0. The van der Waals surface area contributed by atoms with Crippen LogP contribution in [-0.4, -0.2) is 30.8 Å². The Morgan fingerprint density at radius 3 is 2.53 bits per heavy atom. The number of aromatic nitrogens is 2. The van der Waals surface area contributed by atoms with Crippen LogP contribution in [0.25, 0.3) is 0 Å². The number of hydrogen-bond acceptors (Lipinski definition) is 5. The highest BCUT2D eigenvalue weighted by atomic mass is 16.5. The van der Waals surface area contributed by atoms with Crippen molar-refractivity contribution < 1.29 is 4.52 Å². The third-order valence-electron chi connectivity index (χ3n) is 3.22. The molecule has 1 heterocycles. The molecule has 0 bridgehead atoms. The van der Waals surface area contributed by atoms with E-state index < -0.39 is 0 Å². The van der Waals surface area contributed by atoms with Gasteiger partial charge in [-0.2, -0.15) is 4.98 Å². The van der Waals surface area contributed by atoms with Crippen LogP contribution >= 0.6 is 0 Å². The van der Waals surface area contributed by atoms with E-state index in [0.29, 0.717) is 18.4 Å². The third kappa shape index (κ3) is 1.71. The maximum Gasteiger partial charge on any atom is 0.265 e. The van der Waals surface area contributed by atoms with Crippen molar-refractivity contribution in [3.63, 3.8) is 0 Å². The van der Waals surface area contributed by atoms with Crippen molar-refractivity contribution in [1.82, 2.24) is 10.1 Å². The van der Waals surface area contributed by atoms with E-state index in [0.717, 1.165) is 12.8 Å². The maximum absolute atomic E-state index is 5.84. The molecular weight excluding hydrogens is 192 g/mol. The van der Waals surface area contributed by atoms with Gasteiger partial charge in [0.15, 0.2) is 0 Å². The Hall–Kier alpha value is -1.10. The predicted octanol–water partition coefficient (Wildman–Crippen LogP) is 0.906. The molecule has 0 aromatic carbocycles. The molecule has 0 aliphatic heterocycles. The van der Waals surface area contributed by atoms with Gasteiger partial charge >= 0.3 is 0 Å². The van der Waals surface area contributed by atoms with E-state index in [1.165, 1.54) is 12.8 Å². The van der Waals surface area contributed by atoms with Gasteiger partial charge in [-0.05, 0) is 18.0 Å². The fourth-order valence-corrected chi connectivity index (χ4v) is 2.17. The molecule has 15 heavy (non-hydrogen) atoms. The van der Waals surface area contributed by atoms with Crippen molar-refractivity contribution in [3.05, 3.63) is 5.89 Å². The zero-order valence-electron chi connectivity index (χ0n) is 9.36. The number of rotatable bonds is 3. The Labute approximate surface area is 89.6 Å². The molecule has 0 spiro atoms. The maximum atomic E-state index is 5.84. The van der Waals surface area contributed by atoms with Crippen LogP contribution in [0.2, 0.25) is 0 Å². The van der Waals surface area contributed by atoms with E-state index >= 15 is 0 Å². The minimum atomic E-state index is -0.0543. The monoisotopic (exact) mass is 210 g/mol. The van der Waals surface area contributed by atoms with Crippen LogP contribution in [0.5, 0.6) is 0 Å². The van der Waals surface area contributed by atoms with Crippen molar-refractivity contribution in [3.8, 4) is 0 Å². The second-order valence-electron chi connectivity index (χ2n) is 4.49. The van der Waals surface area contributed by atoms with Crippen LogP contribution in [0.3, 0.4) is 0 Å². The Morgan fingerprint density at radius 1 is 1.40 bits per heavy atom. The van der Waals surface area contributed by atoms with E-state index in [1.54, 1.807) is 0 Å². The van der Waals surface area contributed by atoms with Gasteiger partial charge in [0, 0.05) is 20.6 Å². The van der Waals surface area contributed by atoms with Gasteiger partial charge in [-0.15, -0.1) is 0 Å². The molecule has 0 atom stereocenters. The summed E-state index contributed by atoms with van der Waals surface area (Å²) in [5, 5.41) is 3.94. The van der Waals surface area contributed by atoms with Crippen LogP contribution in [-0.2, 0) is 5.41 Å². The lowest BCUT2D eigenvalue weighted by Crippen LogP contribution is -2.32. The summed E-state index contributed by atoms with van der Waals surface area (Å²) in [7, 11) is 3.80. The molecule has 2 rings (SSSR count). The molecule has 1 aromatic rings. The van der Waals surface area contributed by atoms with E-state index in [4.69, 9.17) is 10.3 Å². The summed E-state index contributed by atoms with van der Waals surface area (Å²) in [6, 6.07) is 0. The SMILES string of the molecule is CN(C)c1noc(C2(CN)CCCC2)n1. The molecule has 2 N–H and O–H groups in total. The molecule has 1 aliphatic rings. The van der Waals surface area contributed by atoms with Crippen LogP contribution in [0.15, 0.2) is 4.52 Å². The Morgan fingerprint density at radius 2 is 2.07 bits per heavy atom. The van der Waals surface area contributed by atoms with Crippen molar-refractivity contribution in [2.24, 2.45) is 5.73 Å². The zero-order valence-corrected chi connectivity index (χ0v) is 9.36. The fourth-order valence-electron chi connectivity index (χ4n) is 2.17. The average Bonchev–Trinajstić information content (AvgIpc) is 2.87. The highest BCUT2D eigenvalue weighted by Crippen LogP contribution is 2.39. The standard InChI is InChI=1S/C10H18N4O/c1-14(2)9-12-8(15-13-9)10(7-11)5-3-4-6-10/h3-7,11H2,1-2H3. The topological polar surface area (TPSA) is 68.2 Å². The van der Waals surface area contributed by atoms with E-state index in [1.807, 2.05) is 19.0 Å². The molecule has 1 aliphatic carbocycles. The van der Waals surface area contributed by atoms with E-state index in [-0.39, 0.29) is 5.41 Å². The lowest BCUT2D eigenvalue weighted by Gasteiger charge is -2.21. The summed E-state index contributed by atoms with van der Waals surface area (Å²) in [4.78, 5) is 6.24. The molecule has 5 heteroatoms. The van der Waals surface area contributed by atoms with E-state index in [2.05, 4.69) is 10.1 Å². The van der Waals surface area contributed by atoms with Gasteiger partial charge in [0.2, 0.25) is 5.89 Å². The normalized spacial score (nSPS) is 19.4. The van der Waals surface area contributed by atoms with Crippen molar-refractivity contribution in [1.29, 1.82) is 0 Å². The molecule has 0 amide bonds. The first-order valence-electron chi connectivity index (χ1n) is 5.39. The van der Waals surface area contributed by atoms with Crippen LogP contribution < -0.4 is 10.6 Å². The van der Waals surface area contributed by atoms with Gasteiger partial charge in [-0.3, -0.25) is 0 Å². The molecule has 84 valence electrons. The largest absolute Gasteiger partial charge is 0.344 e. The predicted molar refractivity (Wildman–Crippen MR) is 57.8 cm³/mol. The summed E-state index contributed by atoms with van der Waals surface area (Å²) in [5.41, 5.74) is 5.79. The molecule has 0 saturated heterocycles. The Balaban J connectivity index is 2.27. The third-order valence-corrected chi connectivity index (χ3v) is 3.22. The van der Waals surface area contributed by atoms with Crippen LogP contribution in [0.4, 0.5) is 5.95 Å². The number of hydrogen-bond donors (Lipinski definition) is 1. The van der Waals surface area contributed by atoms with E-state index in [9.17, 15) is 0 Å². The van der Waals surface area contributed by atoms with Crippen molar-refractivity contribution >= 4 is 5.95 Å². The molecule has 5 nitrogen and oxygen atoms in total. The van der Waals surface area contributed by atoms with Crippen LogP contribution in [0, 0.1) is 0 Å². The molecule has 1 aromatic heterocycles. The van der Waals surface area contributed by atoms with Gasteiger partial charge in [0.1, 0.15) is 0 Å². The quantitative estimate of drug-likeness (QED) is 0.803. The zero-order chi connectivity index (χ0) is 10.9. The minimum absolute atomic E-state index is 0.0543. The first-order valence-corrected chi connectivity index (χ1v) is 5.39. The number of nitrogens with two attached hydrogens (primary N) is 1. The van der Waals surface area contributed by atoms with Crippen LogP contribution in [0.1, 0.15) is 31.6 Å². The van der Waals surface area contributed by atoms with Gasteiger partial charge in [-0.25, -0.2) is 0 Å². The molecule has 0 unspecified atom stereocenters. The first-order chi connectivity index (χ1) is 7.18. The second kappa shape index (κ2) is 3.81. The first kappa shape index (κ1) is 10.4. The lowest BCUT2D eigenvalue weighted by atomic mass is 9.86. The number of anilines is 1. The summed E-state index contributed by atoms with van der Waals surface area (Å²) in [6.45, 7) is 0.599. The Kier molecular flexibility index (Phi) is 2.65. The molecular formula is C10H18N4O. The molecule has 1 saturated carbocycles.